The highest BCUT2D eigenvalue weighted by molar-refractivity contribution is 6.69. The predicted octanol–water partition coefficient (Wildman–Crippen LogP) is 11.4. The van der Waals surface area contributed by atoms with Gasteiger partial charge in [-0.2, -0.15) is 0 Å². The van der Waals surface area contributed by atoms with E-state index in [1.807, 2.05) is 36.4 Å². The van der Waals surface area contributed by atoms with Crippen molar-refractivity contribution in [2.75, 3.05) is 0 Å². The highest BCUT2D eigenvalue weighted by Gasteiger charge is 2.14. The largest absolute Gasteiger partial charge is 0.413 e. The molecular formula is C51H56O7Si. The summed E-state index contributed by atoms with van der Waals surface area (Å²) >= 11 is 0. The number of aldehydes is 1. The summed E-state index contributed by atoms with van der Waals surface area (Å²) < 4.78 is 36.4. The third-order valence-electron chi connectivity index (χ3n) is 9.40. The Labute approximate surface area is 351 Å². The fourth-order valence-electron chi connectivity index (χ4n) is 6.54. The van der Waals surface area contributed by atoms with Crippen molar-refractivity contribution < 1.29 is 32.9 Å². The molecule has 59 heavy (non-hydrogen) atoms. The lowest BCUT2D eigenvalue weighted by molar-refractivity contribution is 0.100. The minimum absolute atomic E-state index is 0.450. The van der Waals surface area contributed by atoms with Crippen molar-refractivity contribution in [3.63, 3.8) is 0 Å². The highest BCUT2D eigenvalue weighted by atomic mass is 28.4. The van der Waals surface area contributed by atoms with Crippen molar-refractivity contribution in [3.8, 4) is 0 Å². The molecule has 0 radical (unpaired) electrons. The molecule has 0 N–H and O–H groups in total. The summed E-state index contributed by atoms with van der Waals surface area (Å²) in [5, 5.41) is 0. The summed E-state index contributed by atoms with van der Waals surface area (Å²) in [5.41, 5.74) is 12.8. The van der Waals surface area contributed by atoms with Crippen molar-refractivity contribution in [1.82, 2.24) is 0 Å². The van der Waals surface area contributed by atoms with Gasteiger partial charge < -0.3 is 28.1 Å². The second-order valence-electron chi connectivity index (χ2n) is 15.8. The van der Waals surface area contributed by atoms with E-state index in [0.717, 1.165) is 61.9 Å². The number of carbonyl (C=O) groups is 1. The van der Waals surface area contributed by atoms with Gasteiger partial charge >= 0.3 is 0 Å². The molecule has 6 aromatic carbocycles. The Hall–Kier alpha value is -5.03. The molecule has 7 nitrogen and oxygen atoms in total. The molecule has 0 bridgehead atoms. The molecule has 0 aliphatic carbocycles. The summed E-state index contributed by atoms with van der Waals surface area (Å²) in [5.74, 6) is 0. The van der Waals surface area contributed by atoms with Crippen molar-refractivity contribution >= 4 is 14.6 Å². The van der Waals surface area contributed by atoms with Crippen molar-refractivity contribution in [2.24, 2.45) is 0 Å². The topological polar surface area (TPSA) is 72.5 Å². The van der Waals surface area contributed by atoms with Crippen LogP contribution in [-0.4, -0.2) is 14.6 Å². The van der Waals surface area contributed by atoms with E-state index in [4.69, 9.17) is 28.1 Å². The lowest BCUT2D eigenvalue weighted by Crippen LogP contribution is -2.24. The molecule has 0 aliphatic rings. The van der Waals surface area contributed by atoms with Crippen molar-refractivity contribution in [1.29, 1.82) is 0 Å². The summed E-state index contributed by atoms with van der Waals surface area (Å²) in [7, 11) is -1.56. The van der Waals surface area contributed by atoms with E-state index >= 15 is 0 Å². The predicted molar refractivity (Wildman–Crippen MR) is 235 cm³/mol. The Morgan fingerprint density at radius 3 is 0.797 bits per heavy atom. The second-order valence-corrected chi connectivity index (χ2v) is 20.3. The molecular weight excluding hydrogens is 753 g/mol. The molecule has 8 heteroatoms. The maximum atomic E-state index is 11.0. The van der Waals surface area contributed by atoms with Crippen LogP contribution >= 0.6 is 0 Å². The van der Waals surface area contributed by atoms with Crippen LogP contribution in [0.3, 0.4) is 0 Å². The normalized spacial score (nSPS) is 11.5. The molecule has 0 atom stereocenters. The zero-order chi connectivity index (χ0) is 41.1. The van der Waals surface area contributed by atoms with Gasteiger partial charge in [0.2, 0.25) is 0 Å². The molecule has 0 fully saturated rings. The zero-order valence-corrected chi connectivity index (χ0v) is 35.6. The van der Waals surface area contributed by atoms with Gasteiger partial charge in [-0.3, -0.25) is 4.79 Å². The molecule has 306 valence electrons. The molecule has 0 saturated heterocycles. The Balaban J connectivity index is 0.871. The quantitative estimate of drug-likeness (QED) is 0.0445. The number of ether oxygens (including phenoxy) is 5. The summed E-state index contributed by atoms with van der Waals surface area (Å²) in [6, 6.07) is 49.3. The monoisotopic (exact) mass is 808 g/mol. The fourth-order valence-corrected chi connectivity index (χ4v) is 7.14. The second kappa shape index (κ2) is 22.9. The van der Waals surface area contributed by atoms with Gasteiger partial charge in [-0.1, -0.05) is 140 Å². The molecule has 0 spiro atoms. The first-order valence-electron chi connectivity index (χ1n) is 20.2. The van der Waals surface area contributed by atoms with Crippen LogP contribution in [0.15, 0.2) is 146 Å². The van der Waals surface area contributed by atoms with Crippen molar-refractivity contribution in [2.45, 2.75) is 92.3 Å². The van der Waals surface area contributed by atoms with Gasteiger partial charge in [0.25, 0.3) is 0 Å². The summed E-state index contributed by atoms with van der Waals surface area (Å²) in [4.78, 5) is 11.0. The van der Waals surface area contributed by atoms with Gasteiger partial charge in [0.15, 0.2) is 8.32 Å². The van der Waals surface area contributed by atoms with E-state index in [2.05, 4.69) is 123 Å². The molecule has 0 aromatic heterocycles. The minimum Gasteiger partial charge on any atom is -0.413 e. The number of carbonyl (C=O) groups excluding carboxylic acids is 1. The Morgan fingerprint density at radius 1 is 0.339 bits per heavy atom. The Kier molecular flexibility index (Phi) is 16.9. The first-order chi connectivity index (χ1) is 28.8. The maximum absolute atomic E-state index is 11.0. The molecule has 0 unspecified atom stereocenters. The van der Waals surface area contributed by atoms with Crippen LogP contribution in [-0.2, 0) is 101 Å². The Morgan fingerprint density at radius 2 is 0.559 bits per heavy atom. The lowest BCUT2D eigenvalue weighted by atomic mass is 10.1. The minimum atomic E-state index is -1.56. The summed E-state index contributed by atoms with van der Waals surface area (Å²) in [6.07, 6.45) is 0.851. The van der Waals surface area contributed by atoms with Gasteiger partial charge in [0.05, 0.1) is 72.7 Å². The first-order valence-corrected chi connectivity index (χ1v) is 23.6. The molecule has 0 heterocycles. The molecule has 0 aliphatic heterocycles. The standard InChI is InChI=1S/C51H56O7Si/c1-59(2,3)58-39-51-21-9-20-50(27-51)38-57-37-49-19-8-18-48(26-49)36-56-35-47-17-7-16-46(25-47)34-55-33-45-15-6-14-44(24-45)32-54-31-43-13-5-12-42(23-43)30-53-29-41-11-4-10-40(22-41)28-52/h4-28H,29-39H2,1-3H3. The van der Waals surface area contributed by atoms with Crippen LogP contribution in [0.5, 0.6) is 0 Å². The van der Waals surface area contributed by atoms with Gasteiger partial charge in [-0.15, -0.1) is 0 Å². The van der Waals surface area contributed by atoms with Gasteiger partial charge in [-0.05, 0) is 86.9 Å². The molecule has 0 saturated carbocycles. The third-order valence-corrected chi connectivity index (χ3v) is 10.4. The lowest BCUT2D eigenvalue weighted by Gasteiger charge is -2.17. The van der Waals surface area contributed by atoms with Crippen LogP contribution in [0.2, 0.25) is 19.6 Å². The maximum Gasteiger partial charge on any atom is 0.184 e. The number of rotatable bonds is 24. The van der Waals surface area contributed by atoms with Gasteiger partial charge in [0, 0.05) is 5.56 Å². The van der Waals surface area contributed by atoms with Crippen LogP contribution in [0.1, 0.15) is 71.6 Å². The van der Waals surface area contributed by atoms with E-state index in [0.29, 0.717) is 78.2 Å². The van der Waals surface area contributed by atoms with Crippen LogP contribution in [0, 0.1) is 0 Å². The van der Waals surface area contributed by atoms with Gasteiger partial charge in [-0.25, -0.2) is 0 Å². The fraction of sp³-hybridized carbons (Fsp3) is 0.275. The van der Waals surface area contributed by atoms with Crippen LogP contribution in [0.4, 0.5) is 0 Å². The van der Waals surface area contributed by atoms with Crippen molar-refractivity contribution in [3.05, 3.63) is 212 Å². The SMILES string of the molecule is C[Si](C)(C)OCc1cccc(COCc2cccc(COCc3cccc(COCc4cccc(COCc5cccc(COCc6cccc(C=O)c6)c5)c4)c3)c2)c1. The van der Waals surface area contributed by atoms with E-state index in [1.54, 1.807) is 6.07 Å². The average molecular weight is 809 g/mol. The van der Waals surface area contributed by atoms with E-state index in [1.165, 1.54) is 5.56 Å². The van der Waals surface area contributed by atoms with Crippen LogP contribution < -0.4 is 0 Å². The molecule has 6 aromatic rings. The molecule has 6 rings (SSSR count). The number of benzene rings is 6. The first kappa shape index (κ1) is 43.5. The third kappa shape index (κ3) is 15.9. The van der Waals surface area contributed by atoms with E-state index in [9.17, 15) is 4.79 Å². The Bertz CT molecular complexity index is 2210. The average Bonchev–Trinajstić information content (AvgIpc) is 3.24. The van der Waals surface area contributed by atoms with E-state index in [-0.39, 0.29) is 0 Å². The number of hydrogen-bond donors (Lipinski definition) is 0. The zero-order valence-electron chi connectivity index (χ0n) is 34.6. The summed E-state index contributed by atoms with van der Waals surface area (Å²) in [6.45, 7) is 12.4. The smallest absolute Gasteiger partial charge is 0.184 e. The van der Waals surface area contributed by atoms with Crippen LogP contribution in [0.25, 0.3) is 0 Å². The molecule has 0 amide bonds. The highest BCUT2D eigenvalue weighted by Crippen LogP contribution is 2.17. The van der Waals surface area contributed by atoms with Gasteiger partial charge in [0.1, 0.15) is 6.29 Å². The van der Waals surface area contributed by atoms with E-state index < -0.39 is 8.32 Å². The number of hydrogen-bond acceptors (Lipinski definition) is 7.